The van der Waals surface area contributed by atoms with Crippen molar-refractivity contribution in [2.24, 2.45) is 5.10 Å². The van der Waals surface area contributed by atoms with Gasteiger partial charge in [-0.2, -0.15) is 5.10 Å². The second kappa shape index (κ2) is 6.86. The Labute approximate surface area is 136 Å². The molecule has 1 fully saturated rings. The summed E-state index contributed by atoms with van der Waals surface area (Å²) < 4.78 is 7.46. The van der Waals surface area contributed by atoms with E-state index in [-0.39, 0.29) is 11.7 Å². The molecule has 1 aliphatic carbocycles. The summed E-state index contributed by atoms with van der Waals surface area (Å²) in [7, 11) is 0. The first-order chi connectivity index (χ1) is 11.2. The van der Waals surface area contributed by atoms with Crippen LogP contribution in [0.3, 0.4) is 0 Å². The fraction of sp³-hybridized carbons (Fsp3) is 0.444. The first kappa shape index (κ1) is 15.6. The van der Waals surface area contributed by atoms with Crippen molar-refractivity contribution in [2.75, 3.05) is 0 Å². The van der Waals surface area contributed by atoms with E-state index in [4.69, 9.17) is 4.42 Å². The molecule has 122 valence electrons. The highest BCUT2D eigenvalue weighted by molar-refractivity contribution is 5.92. The number of furan rings is 1. The van der Waals surface area contributed by atoms with Gasteiger partial charge >= 0.3 is 5.91 Å². The zero-order chi connectivity index (χ0) is 16.2. The van der Waals surface area contributed by atoms with Gasteiger partial charge in [0.15, 0.2) is 5.76 Å². The van der Waals surface area contributed by atoms with E-state index in [9.17, 15) is 4.79 Å². The second-order valence-corrected chi connectivity index (χ2v) is 6.16. The number of carbonyl (C=O) groups excluding carboxylic acids is 1. The quantitative estimate of drug-likeness (QED) is 0.686. The summed E-state index contributed by atoms with van der Waals surface area (Å²) in [6, 6.07) is 6.02. The SMILES string of the molecule is Cc1cc(/C=N\NC(=O)c2ccco2)c(C)n1C1CCCCC1. The van der Waals surface area contributed by atoms with Gasteiger partial charge in [0.1, 0.15) is 0 Å². The zero-order valence-electron chi connectivity index (χ0n) is 13.7. The molecule has 0 spiro atoms. The van der Waals surface area contributed by atoms with Crippen LogP contribution in [0.5, 0.6) is 0 Å². The molecule has 1 aliphatic rings. The molecule has 23 heavy (non-hydrogen) atoms. The Hall–Kier alpha value is -2.30. The van der Waals surface area contributed by atoms with Gasteiger partial charge < -0.3 is 8.98 Å². The van der Waals surface area contributed by atoms with E-state index < -0.39 is 0 Å². The number of hydrogen-bond acceptors (Lipinski definition) is 3. The predicted molar refractivity (Wildman–Crippen MR) is 89.8 cm³/mol. The van der Waals surface area contributed by atoms with Gasteiger partial charge in [-0.15, -0.1) is 0 Å². The first-order valence-electron chi connectivity index (χ1n) is 8.22. The van der Waals surface area contributed by atoms with Gasteiger partial charge in [-0.3, -0.25) is 4.79 Å². The fourth-order valence-electron chi connectivity index (χ4n) is 3.46. The standard InChI is InChI=1S/C18H23N3O2/c1-13-11-15(12-19-20-18(22)17-9-6-10-23-17)14(2)21(13)16-7-4-3-5-8-16/h6,9-12,16H,3-5,7-8H2,1-2H3,(H,20,22)/b19-12-. The number of nitrogens with one attached hydrogen (secondary N) is 1. The van der Waals surface area contributed by atoms with Crippen molar-refractivity contribution >= 4 is 12.1 Å². The van der Waals surface area contributed by atoms with E-state index in [0.717, 1.165) is 5.56 Å². The minimum atomic E-state index is -0.340. The van der Waals surface area contributed by atoms with Crippen LogP contribution >= 0.6 is 0 Å². The van der Waals surface area contributed by atoms with Crippen molar-refractivity contribution < 1.29 is 9.21 Å². The lowest BCUT2D eigenvalue weighted by molar-refractivity contribution is 0.0927. The lowest BCUT2D eigenvalue weighted by Gasteiger charge is -2.26. The maximum atomic E-state index is 11.8. The van der Waals surface area contributed by atoms with Crippen molar-refractivity contribution in [3.8, 4) is 0 Å². The zero-order valence-corrected chi connectivity index (χ0v) is 13.7. The van der Waals surface area contributed by atoms with E-state index in [1.165, 1.54) is 49.8 Å². The van der Waals surface area contributed by atoms with Crippen LogP contribution in [-0.4, -0.2) is 16.7 Å². The van der Waals surface area contributed by atoms with Crippen LogP contribution in [0.2, 0.25) is 0 Å². The molecule has 3 rings (SSSR count). The maximum Gasteiger partial charge on any atom is 0.307 e. The molecule has 5 nitrogen and oxygen atoms in total. The van der Waals surface area contributed by atoms with Gasteiger partial charge in [0, 0.05) is 23.0 Å². The van der Waals surface area contributed by atoms with Gasteiger partial charge in [0.2, 0.25) is 0 Å². The largest absolute Gasteiger partial charge is 0.459 e. The van der Waals surface area contributed by atoms with Crippen molar-refractivity contribution in [3.05, 3.63) is 47.2 Å². The van der Waals surface area contributed by atoms with Crippen molar-refractivity contribution in [1.82, 2.24) is 9.99 Å². The molecule has 2 aromatic rings. The van der Waals surface area contributed by atoms with Gasteiger partial charge in [0.05, 0.1) is 12.5 Å². The Balaban J connectivity index is 1.70. The van der Waals surface area contributed by atoms with Gasteiger partial charge in [-0.25, -0.2) is 5.43 Å². The molecule has 1 saturated carbocycles. The summed E-state index contributed by atoms with van der Waals surface area (Å²) in [6.45, 7) is 4.26. The summed E-state index contributed by atoms with van der Waals surface area (Å²) in [5.74, 6) is -0.0813. The summed E-state index contributed by atoms with van der Waals surface area (Å²) >= 11 is 0. The Morgan fingerprint density at radius 3 is 2.83 bits per heavy atom. The van der Waals surface area contributed by atoms with Crippen LogP contribution in [0, 0.1) is 13.8 Å². The number of rotatable bonds is 4. The summed E-state index contributed by atoms with van der Waals surface area (Å²) in [5, 5.41) is 4.06. The average Bonchev–Trinajstić information content (AvgIpc) is 3.17. The number of aryl methyl sites for hydroxylation is 1. The number of carbonyl (C=O) groups is 1. The normalized spacial score (nSPS) is 16.1. The minimum Gasteiger partial charge on any atom is -0.459 e. The fourth-order valence-corrected chi connectivity index (χ4v) is 3.46. The molecule has 0 bridgehead atoms. The van der Waals surface area contributed by atoms with E-state index in [1.807, 2.05) is 0 Å². The average molecular weight is 313 g/mol. The smallest absolute Gasteiger partial charge is 0.307 e. The molecule has 0 saturated heterocycles. The summed E-state index contributed by atoms with van der Waals surface area (Å²) in [5.41, 5.74) is 6.02. The lowest BCUT2D eigenvalue weighted by Crippen LogP contribution is -2.17. The van der Waals surface area contributed by atoms with Crippen molar-refractivity contribution in [1.29, 1.82) is 0 Å². The third-order valence-electron chi connectivity index (χ3n) is 4.58. The maximum absolute atomic E-state index is 11.8. The Kier molecular flexibility index (Phi) is 4.65. The number of aromatic nitrogens is 1. The molecular formula is C18H23N3O2. The highest BCUT2D eigenvalue weighted by atomic mass is 16.3. The Morgan fingerprint density at radius 2 is 2.13 bits per heavy atom. The third kappa shape index (κ3) is 3.38. The topological polar surface area (TPSA) is 59.5 Å². The number of amides is 1. The monoisotopic (exact) mass is 313 g/mol. The third-order valence-corrected chi connectivity index (χ3v) is 4.58. The molecule has 2 heterocycles. The highest BCUT2D eigenvalue weighted by Crippen LogP contribution is 2.31. The summed E-state index contributed by atoms with van der Waals surface area (Å²) in [4.78, 5) is 11.8. The lowest BCUT2D eigenvalue weighted by atomic mass is 9.95. The number of hydrogen-bond donors (Lipinski definition) is 1. The van der Waals surface area contributed by atoms with Crippen LogP contribution in [0.25, 0.3) is 0 Å². The minimum absolute atomic E-state index is 0.259. The van der Waals surface area contributed by atoms with Crippen LogP contribution in [-0.2, 0) is 0 Å². The molecule has 0 aromatic carbocycles. The predicted octanol–water partition coefficient (Wildman–Crippen LogP) is 3.97. The summed E-state index contributed by atoms with van der Waals surface area (Å²) in [6.07, 6.45) is 9.65. The molecule has 0 radical (unpaired) electrons. The molecular weight excluding hydrogens is 290 g/mol. The molecule has 5 heteroatoms. The second-order valence-electron chi connectivity index (χ2n) is 6.16. The van der Waals surface area contributed by atoms with E-state index >= 15 is 0 Å². The Bertz CT molecular complexity index is 692. The molecule has 2 aromatic heterocycles. The Morgan fingerprint density at radius 1 is 1.35 bits per heavy atom. The van der Waals surface area contributed by atoms with Crippen LogP contribution in [0.4, 0.5) is 0 Å². The molecule has 1 amide bonds. The van der Waals surface area contributed by atoms with Gasteiger partial charge in [0.25, 0.3) is 0 Å². The van der Waals surface area contributed by atoms with Gasteiger partial charge in [-0.1, -0.05) is 19.3 Å². The number of hydrazone groups is 1. The molecule has 1 N–H and O–H groups in total. The van der Waals surface area contributed by atoms with E-state index in [0.29, 0.717) is 6.04 Å². The van der Waals surface area contributed by atoms with Crippen LogP contribution < -0.4 is 5.43 Å². The van der Waals surface area contributed by atoms with Crippen LogP contribution in [0.15, 0.2) is 34.0 Å². The van der Waals surface area contributed by atoms with Crippen molar-refractivity contribution in [2.45, 2.75) is 52.0 Å². The molecule has 0 atom stereocenters. The van der Waals surface area contributed by atoms with Crippen molar-refractivity contribution in [3.63, 3.8) is 0 Å². The molecule has 0 aliphatic heterocycles. The first-order valence-corrected chi connectivity index (χ1v) is 8.22. The highest BCUT2D eigenvalue weighted by Gasteiger charge is 2.19. The van der Waals surface area contributed by atoms with Crippen LogP contribution in [0.1, 0.15) is 65.7 Å². The van der Waals surface area contributed by atoms with Gasteiger partial charge in [-0.05, 0) is 44.9 Å². The number of nitrogens with zero attached hydrogens (tertiary/aromatic N) is 2. The van der Waals surface area contributed by atoms with E-state index in [2.05, 4.69) is 35.0 Å². The molecule has 0 unspecified atom stereocenters. The van der Waals surface area contributed by atoms with E-state index in [1.54, 1.807) is 18.3 Å².